The molecule has 3 N–H and O–H groups in total. The van der Waals surface area contributed by atoms with Gasteiger partial charge < -0.3 is 14.7 Å². The molecule has 0 aliphatic carbocycles. The Bertz CT molecular complexity index is 506. The lowest BCUT2D eigenvalue weighted by atomic mass is 10.2. The van der Waals surface area contributed by atoms with Gasteiger partial charge in [-0.2, -0.15) is 0 Å². The molecule has 0 saturated heterocycles. The molecule has 2 rings (SSSR count). The van der Waals surface area contributed by atoms with E-state index in [2.05, 4.69) is 27.2 Å². The van der Waals surface area contributed by atoms with E-state index in [1.807, 2.05) is 23.8 Å². The number of hydrogen-bond acceptors (Lipinski definition) is 5. The minimum atomic E-state index is 0.637. The average molecular weight is 248 g/mol. The SMILES string of the molecule is CCCCCN(C)c1nc(NN)cn2ccnc12. The lowest BCUT2D eigenvalue weighted by Crippen LogP contribution is -2.22. The number of rotatable bonds is 6. The zero-order chi connectivity index (χ0) is 13.0. The van der Waals surface area contributed by atoms with Gasteiger partial charge in [-0.1, -0.05) is 19.8 Å². The molecule has 18 heavy (non-hydrogen) atoms. The Kier molecular flexibility index (Phi) is 3.99. The zero-order valence-corrected chi connectivity index (χ0v) is 10.9. The number of nitrogens with zero attached hydrogens (tertiary/aromatic N) is 4. The molecule has 0 aliphatic rings. The van der Waals surface area contributed by atoms with Crippen molar-refractivity contribution in [3.05, 3.63) is 18.6 Å². The van der Waals surface area contributed by atoms with Crippen LogP contribution in [0.2, 0.25) is 0 Å². The molecule has 0 bridgehead atoms. The van der Waals surface area contributed by atoms with Crippen molar-refractivity contribution in [3.8, 4) is 0 Å². The highest BCUT2D eigenvalue weighted by Crippen LogP contribution is 2.19. The second kappa shape index (κ2) is 5.68. The molecule has 2 heterocycles. The van der Waals surface area contributed by atoms with Crippen LogP contribution in [0.4, 0.5) is 11.6 Å². The first kappa shape index (κ1) is 12.6. The van der Waals surface area contributed by atoms with Gasteiger partial charge in [-0.3, -0.25) is 0 Å². The number of aromatic nitrogens is 3. The summed E-state index contributed by atoms with van der Waals surface area (Å²) in [5.74, 6) is 6.93. The number of nitrogen functional groups attached to an aromatic ring is 1. The van der Waals surface area contributed by atoms with Gasteiger partial charge in [0.05, 0.1) is 6.20 Å². The number of fused-ring (bicyclic) bond motifs is 1. The molecule has 98 valence electrons. The Hall–Kier alpha value is -1.82. The van der Waals surface area contributed by atoms with E-state index >= 15 is 0 Å². The predicted octanol–water partition coefficient (Wildman–Crippen LogP) is 1.64. The number of hydrazine groups is 1. The van der Waals surface area contributed by atoms with Crippen molar-refractivity contribution >= 4 is 17.3 Å². The molecular weight excluding hydrogens is 228 g/mol. The summed E-state index contributed by atoms with van der Waals surface area (Å²) in [6.45, 7) is 3.17. The van der Waals surface area contributed by atoms with Crippen LogP contribution in [0.5, 0.6) is 0 Å². The van der Waals surface area contributed by atoms with E-state index in [9.17, 15) is 0 Å². The fourth-order valence-corrected chi connectivity index (χ4v) is 1.95. The Morgan fingerprint density at radius 1 is 1.44 bits per heavy atom. The topological polar surface area (TPSA) is 71.5 Å². The second-order valence-electron chi connectivity index (χ2n) is 4.38. The van der Waals surface area contributed by atoms with Crippen LogP contribution < -0.4 is 16.2 Å². The Morgan fingerprint density at radius 3 is 3.00 bits per heavy atom. The van der Waals surface area contributed by atoms with Crippen LogP contribution in [0, 0.1) is 0 Å². The monoisotopic (exact) mass is 248 g/mol. The summed E-state index contributed by atoms with van der Waals surface area (Å²) in [7, 11) is 2.03. The fourth-order valence-electron chi connectivity index (χ4n) is 1.95. The van der Waals surface area contributed by atoms with Crippen molar-refractivity contribution in [2.45, 2.75) is 26.2 Å². The van der Waals surface area contributed by atoms with Crippen LogP contribution in [-0.2, 0) is 0 Å². The van der Waals surface area contributed by atoms with Gasteiger partial charge in [-0.05, 0) is 6.42 Å². The largest absolute Gasteiger partial charge is 0.357 e. The number of nitrogens with one attached hydrogen (secondary N) is 1. The van der Waals surface area contributed by atoms with E-state index in [1.165, 1.54) is 12.8 Å². The van der Waals surface area contributed by atoms with E-state index in [0.717, 1.165) is 24.4 Å². The minimum absolute atomic E-state index is 0.637. The molecule has 2 aromatic heterocycles. The van der Waals surface area contributed by atoms with Gasteiger partial charge in [0.2, 0.25) is 0 Å². The highest BCUT2D eigenvalue weighted by atomic mass is 15.3. The van der Waals surface area contributed by atoms with Crippen molar-refractivity contribution < 1.29 is 0 Å². The average Bonchev–Trinajstić information content (AvgIpc) is 2.85. The summed E-state index contributed by atoms with van der Waals surface area (Å²) in [6, 6.07) is 0. The second-order valence-corrected chi connectivity index (χ2v) is 4.38. The third-order valence-electron chi connectivity index (χ3n) is 2.96. The Morgan fingerprint density at radius 2 is 2.28 bits per heavy atom. The van der Waals surface area contributed by atoms with Gasteiger partial charge in [0, 0.05) is 26.0 Å². The van der Waals surface area contributed by atoms with Crippen LogP contribution in [0.15, 0.2) is 18.6 Å². The third-order valence-corrected chi connectivity index (χ3v) is 2.96. The molecule has 0 spiro atoms. The maximum atomic E-state index is 5.44. The normalized spacial score (nSPS) is 10.8. The lowest BCUT2D eigenvalue weighted by molar-refractivity contribution is 0.701. The van der Waals surface area contributed by atoms with Crippen LogP contribution >= 0.6 is 0 Å². The highest BCUT2D eigenvalue weighted by molar-refractivity contribution is 5.66. The number of unbranched alkanes of at least 4 members (excludes halogenated alkanes) is 2. The smallest absolute Gasteiger partial charge is 0.180 e. The molecule has 0 aromatic carbocycles. The van der Waals surface area contributed by atoms with Gasteiger partial charge in [0.25, 0.3) is 0 Å². The van der Waals surface area contributed by atoms with Crippen molar-refractivity contribution in [1.82, 2.24) is 14.4 Å². The van der Waals surface area contributed by atoms with Crippen LogP contribution in [0.1, 0.15) is 26.2 Å². The fraction of sp³-hybridized carbons (Fsp3) is 0.500. The molecule has 6 nitrogen and oxygen atoms in total. The quantitative estimate of drug-likeness (QED) is 0.462. The summed E-state index contributed by atoms with van der Waals surface area (Å²) in [4.78, 5) is 10.9. The summed E-state index contributed by atoms with van der Waals surface area (Å²) in [5.41, 5.74) is 3.44. The summed E-state index contributed by atoms with van der Waals surface area (Å²) in [5, 5.41) is 0. The van der Waals surface area contributed by atoms with E-state index < -0.39 is 0 Å². The molecule has 0 aliphatic heterocycles. The van der Waals surface area contributed by atoms with E-state index in [4.69, 9.17) is 5.84 Å². The third kappa shape index (κ3) is 2.53. The minimum Gasteiger partial charge on any atom is -0.357 e. The highest BCUT2D eigenvalue weighted by Gasteiger charge is 2.11. The van der Waals surface area contributed by atoms with Crippen LogP contribution in [-0.4, -0.2) is 28.0 Å². The van der Waals surface area contributed by atoms with E-state index in [1.54, 1.807) is 6.20 Å². The van der Waals surface area contributed by atoms with Crippen molar-refractivity contribution in [2.24, 2.45) is 5.84 Å². The molecule has 0 unspecified atom stereocenters. The van der Waals surface area contributed by atoms with Gasteiger partial charge in [-0.25, -0.2) is 15.8 Å². The van der Waals surface area contributed by atoms with Gasteiger partial charge >= 0.3 is 0 Å². The predicted molar refractivity (Wildman–Crippen MR) is 73.6 cm³/mol. The number of hydrogen-bond donors (Lipinski definition) is 2. The molecular formula is C12H20N6. The first-order valence-electron chi connectivity index (χ1n) is 6.27. The summed E-state index contributed by atoms with van der Waals surface area (Å²) < 4.78 is 1.92. The van der Waals surface area contributed by atoms with Gasteiger partial charge in [0.15, 0.2) is 17.3 Å². The summed E-state index contributed by atoms with van der Waals surface area (Å²) in [6.07, 6.45) is 9.07. The number of imidazole rings is 1. The maximum absolute atomic E-state index is 5.44. The lowest BCUT2D eigenvalue weighted by Gasteiger charge is -2.19. The number of nitrogens with two attached hydrogens (primary N) is 1. The maximum Gasteiger partial charge on any atom is 0.180 e. The van der Waals surface area contributed by atoms with E-state index in [-0.39, 0.29) is 0 Å². The molecule has 2 aromatic rings. The Balaban J connectivity index is 2.27. The van der Waals surface area contributed by atoms with Crippen LogP contribution in [0.3, 0.4) is 0 Å². The summed E-state index contributed by atoms with van der Waals surface area (Å²) >= 11 is 0. The van der Waals surface area contributed by atoms with E-state index in [0.29, 0.717) is 5.82 Å². The van der Waals surface area contributed by atoms with Crippen molar-refractivity contribution in [2.75, 3.05) is 23.9 Å². The van der Waals surface area contributed by atoms with Crippen molar-refractivity contribution in [1.29, 1.82) is 0 Å². The first-order valence-corrected chi connectivity index (χ1v) is 6.27. The van der Waals surface area contributed by atoms with Crippen LogP contribution in [0.25, 0.3) is 5.65 Å². The zero-order valence-electron chi connectivity index (χ0n) is 10.9. The van der Waals surface area contributed by atoms with Gasteiger partial charge in [-0.15, -0.1) is 0 Å². The Labute approximate surface area is 107 Å². The molecule has 0 radical (unpaired) electrons. The standard InChI is InChI=1S/C12H20N6/c1-3-4-5-7-17(2)12-11-14-6-8-18(11)9-10(15-12)16-13/h6,8-9,16H,3-5,7,13H2,1-2H3. The van der Waals surface area contributed by atoms with Gasteiger partial charge in [0.1, 0.15) is 0 Å². The molecule has 0 fully saturated rings. The molecule has 6 heteroatoms. The number of anilines is 2. The molecule has 0 amide bonds. The molecule has 0 saturated carbocycles. The molecule has 0 atom stereocenters. The first-order chi connectivity index (χ1) is 8.76. The van der Waals surface area contributed by atoms with Crippen molar-refractivity contribution in [3.63, 3.8) is 0 Å².